The third-order valence-corrected chi connectivity index (χ3v) is 5.12. The van der Waals surface area contributed by atoms with Crippen LogP contribution in [0.15, 0.2) is 17.1 Å². The maximum absolute atomic E-state index is 5.43. The van der Waals surface area contributed by atoms with Gasteiger partial charge in [-0.15, -0.1) is 24.0 Å². The average Bonchev–Trinajstić information content (AvgIpc) is 2.72. The Bertz CT molecular complexity index is 617. The van der Waals surface area contributed by atoms with Crippen LogP contribution in [0.5, 0.6) is 17.2 Å². The van der Waals surface area contributed by atoms with Crippen LogP contribution in [-0.2, 0) is 6.54 Å². The largest absolute Gasteiger partial charge is 0.493 e. The van der Waals surface area contributed by atoms with Gasteiger partial charge >= 0.3 is 0 Å². The monoisotopic (exact) mass is 520 g/mol. The second kappa shape index (κ2) is 13.7. The van der Waals surface area contributed by atoms with Gasteiger partial charge in [0.1, 0.15) is 0 Å². The Morgan fingerprint density at radius 1 is 1.10 bits per heavy atom. The van der Waals surface area contributed by atoms with Gasteiger partial charge in [0, 0.05) is 25.7 Å². The Morgan fingerprint density at radius 2 is 1.79 bits per heavy atom. The van der Waals surface area contributed by atoms with Gasteiger partial charge in [-0.2, -0.15) is 0 Å². The van der Waals surface area contributed by atoms with E-state index in [1.807, 2.05) is 12.1 Å². The summed E-state index contributed by atoms with van der Waals surface area (Å²) >= 11 is 0. The van der Waals surface area contributed by atoms with Crippen molar-refractivity contribution in [2.45, 2.75) is 45.7 Å². The van der Waals surface area contributed by atoms with Crippen LogP contribution in [0.3, 0.4) is 0 Å². The molecule has 0 aliphatic carbocycles. The van der Waals surface area contributed by atoms with E-state index in [2.05, 4.69) is 29.4 Å². The fourth-order valence-electron chi connectivity index (χ4n) is 3.55. The van der Waals surface area contributed by atoms with Crippen molar-refractivity contribution in [3.63, 3.8) is 0 Å². The lowest BCUT2D eigenvalue weighted by Gasteiger charge is -2.33. The Hall–Kier alpha value is -1.42. The molecule has 0 radical (unpaired) electrons. The van der Waals surface area contributed by atoms with Crippen LogP contribution >= 0.6 is 24.0 Å². The first-order valence-electron chi connectivity index (χ1n) is 10.2. The SMILES string of the molecule is CCNC(=NCc1cc(OC)c(OC)c(OC)c1)NCCN1CCCCC1C.I. The predicted molar refractivity (Wildman–Crippen MR) is 129 cm³/mol. The van der Waals surface area contributed by atoms with Crippen molar-refractivity contribution >= 4 is 29.9 Å². The second-order valence-corrected chi connectivity index (χ2v) is 7.04. The highest BCUT2D eigenvalue weighted by atomic mass is 127. The van der Waals surface area contributed by atoms with Crippen LogP contribution in [0.25, 0.3) is 0 Å². The average molecular weight is 520 g/mol. The third-order valence-electron chi connectivity index (χ3n) is 5.12. The van der Waals surface area contributed by atoms with Gasteiger partial charge in [0.2, 0.25) is 5.75 Å². The maximum atomic E-state index is 5.43. The number of hydrogen-bond acceptors (Lipinski definition) is 5. The molecule has 0 amide bonds. The molecule has 0 bridgehead atoms. The van der Waals surface area contributed by atoms with Crippen molar-refractivity contribution in [1.29, 1.82) is 0 Å². The minimum Gasteiger partial charge on any atom is -0.493 e. The van der Waals surface area contributed by atoms with E-state index in [9.17, 15) is 0 Å². The van der Waals surface area contributed by atoms with Crippen LogP contribution < -0.4 is 24.8 Å². The summed E-state index contributed by atoms with van der Waals surface area (Å²) in [5.74, 6) is 2.70. The van der Waals surface area contributed by atoms with Gasteiger partial charge in [0.15, 0.2) is 17.5 Å². The molecule has 2 rings (SSSR count). The molecule has 1 fully saturated rings. The smallest absolute Gasteiger partial charge is 0.203 e. The van der Waals surface area contributed by atoms with E-state index in [4.69, 9.17) is 19.2 Å². The van der Waals surface area contributed by atoms with Crippen LogP contribution in [0.2, 0.25) is 0 Å². The molecular weight excluding hydrogens is 483 g/mol. The predicted octanol–water partition coefficient (Wildman–Crippen LogP) is 3.26. The quantitative estimate of drug-likeness (QED) is 0.296. The van der Waals surface area contributed by atoms with Gasteiger partial charge in [-0.05, 0) is 50.9 Å². The van der Waals surface area contributed by atoms with Crippen molar-refractivity contribution in [2.24, 2.45) is 4.99 Å². The number of guanidine groups is 1. The summed E-state index contributed by atoms with van der Waals surface area (Å²) in [5.41, 5.74) is 0.997. The minimum absolute atomic E-state index is 0. The topological polar surface area (TPSA) is 67.4 Å². The Balaban J connectivity index is 0.00000420. The fraction of sp³-hybridized carbons (Fsp3) is 0.667. The zero-order chi connectivity index (χ0) is 20.4. The van der Waals surface area contributed by atoms with Crippen LogP contribution in [0, 0.1) is 0 Å². The maximum Gasteiger partial charge on any atom is 0.203 e. The molecule has 166 valence electrons. The lowest BCUT2D eigenvalue weighted by Crippen LogP contribution is -2.45. The number of likely N-dealkylation sites (tertiary alicyclic amines) is 1. The highest BCUT2D eigenvalue weighted by Gasteiger charge is 2.17. The van der Waals surface area contributed by atoms with Crippen molar-refractivity contribution in [2.75, 3.05) is 47.5 Å². The number of aliphatic imine (C=N–C) groups is 1. The Labute approximate surface area is 192 Å². The van der Waals surface area contributed by atoms with Gasteiger partial charge < -0.3 is 24.8 Å². The van der Waals surface area contributed by atoms with E-state index in [0.717, 1.165) is 31.2 Å². The number of nitrogens with one attached hydrogen (secondary N) is 2. The number of hydrogen-bond donors (Lipinski definition) is 2. The number of piperidine rings is 1. The van der Waals surface area contributed by atoms with E-state index in [-0.39, 0.29) is 24.0 Å². The van der Waals surface area contributed by atoms with Crippen molar-refractivity contribution in [3.8, 4) is 17.2 Å². The summed E-state index contributed by atoms with van der Waals surface area (Å²) in [5, 5.41) is 6.76. The van der Waals surface area contributed by atoms with E-state index < -0.39 is 0 Å². The molecule has 1 atom stereocenters. The van der Waals surface area contributed by atoms with Crippen LogP contribution in [-0.4, -0.2) is 64.4 Å². The van der Waals surface area contributed by atoms with Gasteiger partial charge in [0.05, 0.1) is 27.9 Å². The van der Waals surface area contributed by atoms with E-state index >= 15 is 0 Å². The lowest BCUT2D eigenvalue weighted by atomic mass is 10.0. The van der Waals surface area contributed by atoms with Gasteiger partial charge in [0.25, 0.3) is 0 Å². The zero-order valence-corrected chi connectivity index (χ0v) is 20.7. The molecule has 1 aliphatic heterocycles. The summed E-state index contributed by atoms with van der Waals surface area (Å²) in [4.78, 5) is 7.27. The van der Waals surface area contributed by atoms with Gasteiger partial charge in [-0.3, -0.25) is 4.90 Å². The second-order valence-electron chi connectivity index (χ2n) is 7.04. The summed E-state index contributed by atoms with van der Waals surface area (Å²) < 4.78 is 16.2. The molecule has 1 aromatic rings. The van der Waals surface area contributed by atoms with Crippen molar-refractivity contribution < 1.29 is 14.2 Å². The summed E-state index contributed by atoms with van der Waals surface area (Å²) in [6.45, 7) is 8.85. The number of rotatable bonds is 9. The lowest BCUT2D eigenvalue weighted by molar-refractivity contribution is 0.163. The van der Waals surface area contributed by atoms with E-state index in [0.29, 0.717) is 29.8 Å². The molecule has 1 saturated heterocycles. The number of halogens is 1. The van der Waals surface area contributed by atoms with Crippen molar-refractivity contribution in [1.82, 2.24) is 15.5 Å². The first-order chi connectivity index (χ1) is 13.6. The Kier molecular flexibility index (Phi) is 12.1. The van der Waals surface area contributed by atoms with E-state index in [1.54, 1.807) is 21.3 Å². The first kappa shape index (κ1) is 25.6. The molecule has 0 aromatic heterocycles. The molecular formula is C21H37IN4O3. The van der Waals surface area contributed by atoms with Crippen LogP contribution in [0.1, 0.15) is 38.7 Å². The van der Waals surface area contributed by atoms with Crippen LogP contribution in [0.4, 0.5) is 0 Å². The number of ether oxygens (including phenoxy) is 3. The third kappa shape index (κ3) is 7.73. The highest BCUT2D eigenvalue weighted by Crippen LogP contribution is 2.38. The normalized spacial score (nSPS) is 17.3. The molecule has 1 aromatic carbocycles. The summed E-state index contributed by atoms with van der Waals surface area (Å²) in [7, 11) is 4.85. The van der Waals surface area contributed by atoms with E-state index in [1.165, 1.54) is 25.8 Å². The van der Waals surface area contributed by atoms with Gasteiger partial charge in [-0.25, -0.2) is 4.99 Å². The molecule has 29 heavy (non-hydrogen) atoms. The number of methoxy groups -OCH3 is 3. The number of nitrogens with zero attached hydrogens (tertiary/aromatic N) is 2. The molecule has 1 unspecified atom stereocenters. The molecule has 2 N–H and O–H groups in total. The fourth-order valence-corrected chi connectivity index (χ4v) is 3.55. The molecule has 8 heteroatoms. The zero-order valence-electron chi connectivity index (χ0n) is 18.4. The highest BCUT2D eigenvalue weighted by molar-refractivity contribution is 14.0. The molecule has 0 spiro atoms. The standard InChI is InChI=1S/C21H36N4O3.HI/c1-6-22-21(23-10-12-25-11-8-7-9-16(25)2)24-15-17-13-18(26-3)20(28-5)19(14-17)27-4;/h13-14,16H,6-12,15H2,1-5H3,(H2,22,23,24);1H. The Morgan fingerprint density at radius 3 is 2.34 bits per heavy atom. The van der Waals surface area contributed by atoms with Crippen molar-refractivity contribution in [3.05, 3.63) is 17.7 Å². The number of benzene rings is 1. The first-order valence-corrected chi connectivity index (χ1v) is 10.2. The minimum atomic E-state index is 0. The summed E-state index contributed by atoms with van der Waals surface area (Å²) in [6, 6.07) is 4.54. The molecule has 1 heterocycles. The molecule has 0 saturated carbocycles. The molecule has 1 aliphatic rings. The summed E-state index contributed by atoms with van der Waals surface area (Å²) in [6.07, 6.45) is 3.96. The molecule has 7 nitrogen and oxygen atoms in total. The van der Waals surface area contributed by atoms with Gasteiger partial charge in [-0.1, -0.05) is 6.42 Å².